The first-order valence-corrected chi connectivity index (χ1v) is 9.59. The summed E-state index contributed by atoms with van der Waals surface area (Å²) >= 11 is 0. The average Bonchev–Trinajstić information content (AvgIpc) is 3.54. The zero-order chi connectivity index (χ0) is 20.5. The molecule has 0 aromatic heterocycles. The van der Waals surface area contributed by atoms with Gasteiger partial charge in [-0.15, -0.1) is 0 Å². The smallest absolute Gasteiger partial charge is 0.164 e. The summed E-state index contributed by atoms with van der Waals surface area (Å²) in [6.45, 7) is 1.97. The minimum Gasteiger partial charge on any atom is -0.389 e. The second kappa shape index (κ2) is 8.01. The predicted molar refractivity (Wildman–Crippen MR) is 105 cm³/mol. The number of epoxide rings is 1. The minimum absolute atomic E-state index is 0.0397. The van der Waals surface area contributed by atoms with Gasteiger partial charge in [0.25, 0.3) is 0 Å². The van der Waals surface area contributed by atoms with E-state index < -0.39 is 17.7 Å². The van der Waals surface area contributed by atoms with Gasteiger partial charge in [0.15, 0.2) is 11.6 Å². The zero-order valence-electron chi connectivity index (χ0n) is 16.0. The molecule has 2 atom stereocenters. The molecule has 2 nitrogen and oxygen atoms in total. The Morgan fingerprint density at radius 1 is 0.931 bits per heavy atom. The summed E-state index contributed by atoms with van der Waals surface area (Å²) in [5, 5.41) is 9.47. The van der Waals surface area contributed by atoms with Gasteiger partial charge in [-0.3, -0.25) is 0 Å². The van der Waals surface area contributed by atoms with Crippen LogP contribution in [0.15, 0.2) is 54.6 Å². The van der Waals surface area contributed by atoms with E-state index in [2.05, 4.69) is 0 Å². The molecule has 2 unspecified atom stereocenters. The Hall–Kier alpha value is -2.63. The van der Waals surface area contributed by atoms with E-state index in [0.29, 0.717) is 25.0 Å². The van der Waals surface area contributed by atoms with Crippen molar-refractivity contribution >= 4 is 0 Å². The quantitative estimate of drug-likeness (QED) is 0.542. The molecule has 4 rings (SSSR count). The van der Waals surface area contributed by atoms with E-state index in [1.54, 1.807) is 6.07 Å². The maximum absolute atomic E-state index is 14.2. The van der Waals surface area contributed by atoms with Crippen LogP contribution < -0.4 is 0 Å². The number of hydrogen-bond acceptors (Lipinski definition) is 2. The number of aliphatic hydroxyl groups excluding tert-OH is 1. The first kappa shape index (κ1) is 19.7. The molecule has 5 heteroatoms. The third-order valence-corrected chi connectivity index (χ3v) is 5.29. The fourth-order valence-corrected chi connectivity index (χ4v) is 3.46. The van der Waals surface area contributed by atoms with Crippen molar-refractivity contribution in [3.63, 3.8) is 0 Å². The van der Waals surface area contributed by atoms with Crippen molar-refractivity contribution in [2.45, 2.75) is 32.0 Å². The Kier molecular flexibility index (Phi) is 5.43. The lowest BCUT2D eigenvalue weighted by molar-refractivity contribution is 0.192. The van der Waals surface area contributed by atoms with Crippen molar-refractivity contribution in [3.05, 3.63) is 94.3 Å². The van der Waals surface area contributed by atoms with E-state index in [1.165, 1.54) is 25.1 Å². The standard InChI is InChI=1S/C24H21F3O2/c1-14(28)19-10-8-17(23(26)24(19)27)7-4-15-2-5-16(6-3-15)18-9-11-20(21(25)12-18)22-13-29-22/h2-3,5-6,8-12,14,22,28H,4,7,13H2,1H3. The molecule has 1 fully saturated rings. The number of benzene rings is 3. The molecular weight excluding hydrogens is 377 g/mol. The number of aryl methyl sites for hydroxylation is 2. The van der Waals surface area contributed by atoms with Gasteiger partial charge in [0.05, 0.1) is 12.7 Å². The largest absolute Gasteiger partial charge is 0.389 e. The second-order valence-corrected chi connectivity index (χ2v) is 7.37. The van der Waals surface area contributed by atoms with Gasteiger partial charge in [-0.05, 0) is 48.1 Å². The van der Waals surface area contributed by atoms with Crippen LogP contribution in [0.5, 0.6) is 0 Å². The van der Waals surface area contributed by atoms with Crippen LogP contribution >= 0.6 is 0 Å². The van der Waals surface area contributed by atoms with Crippen molar-refractivity contribution in [2.24, 2.45) is 0 Å². The average molecular weight is 398 g/mol. The van der Waals surface area contributed by atoms with Crippen LogP contribution in [-0.4, -0.2) is 11.7 Å². The Morgan fingerprint density at radius 2 is 1.62 bits per heavy atom. The number of rotatable bonds is 6. The molecule has 29 heavy (non-hydrogen) atoms. The van der Waals surface area contributed by atoms with Crippen molar-refractivity contribution < 1.29 is 23.0 Å². The van der Waals surface area contributed by atoms with Crippen LogP contribution in [-0.2, 0) is 17.6 Å². The Bertz CT molecular complexity index is 1030. The van der Waals surface area contributed by atoms with Gasteiger partial charge < -0.3 is 9.84 Å². The molecule has 0 bridgehead atoms. The monoisotopic (exact) mass is 398 g/mol. The summed E-state index contributed by atoms with van der Waals surface area (Å²) < 4.78 is 47.6. The minimum atomic E-state index is -1.05. The van der Waals surface area contributed by atoms with Crippen LogP contribution in [0.4, 0.5) is 13.2 Å². The number of hydrogen-bond donors (Lipinski definition) is 1. The summed E-state index contributed by atoms with van der Waals surface area (Å²) in [4.78, 5) is 0. The second-order valence-electron chi connectivity index (χ2n) is 7.37. The lowest BCUT2D eigenvalue weighted by Crippen LogP contribution is -2.03. The fraction of sp³-hybridized carbons (Fsp3) is 0.250. The maximum Gasteiger partial charge on any atom is 0.164 e. The predicted octanol–water partition coefficient (Wildman–Crippen LogP) is 5.68. The first-order chi connectivity index (χ1) is 13.9. The van der Waals surface area contributed by atoms with Crippen molar-refractivity contribution in [3.8, 4) is 11.1 Å². The molecule has 1 N–H and O–H groups in total. The Morgan fingerprint density at radius 3 is 2.24 bits per heavy atom. The molecule has 0 aliphatic carbocycles. The highest BCUT2D eigenvalue weighted by Gasteiger charge is 2.27. The fourth-order valence-electron chi connectivity index (χ4n) is 3.46. The highest BCUT2D eigenvalue weighted by Crippen LogP contribution is 2.33. The lowest BCUT2D eigenvalue weighted by atomic mass is 9.98. The topological polar surface area (TPSA) is 32.8 Å². The van der Waals surface area contributed by atoms with Gasteiger partial charge in [-0.1, -0.05) is 48.5 Å². The van der Waals surface area contributed by atoms with Crippen molar-refractivity contribution in [1.82, 2.24) is 0 Å². The van der Waals surface area contributed by atoms with Crippen LogP contribution in [0.2, 0.25) is 0 Å². The molecule has 1 aliphatic rings. The van der Waals surface area contributed by atoms with Gasteiger partial charge in [0.1, 0.15) is 11.9 Å². The molecule has 0 radical (unpaired) electrons. The molecule has 1 saturated heterocycles. The molecule has 3 aromatic rings. The first-order valence-electron chi connectivity index (χ1n) is 9.59. The van der Waals surface area contributed by atoms with Gasteiger partial charge in [0.2, 0.25) is 0 Å². The van der Waals surface area contributed by atoms with E-state index in [9.17, 15) is 18.3 Å². The van der Waals surface area contributed by atoms with E-state index in [-0.39, 0.29) is 23.0 Å². The van der Waals surface area contributed by atoms with Gasteiger partial charge in [-0.25, -0.2) is 13.2 Å². The molecule has 0 saturated carbocycles. The number of halogens is 3. The Balaban J connectivity index is 1.45. The van der Waals surface area contributed by atoms with Crippen LogP contribution in [0.1, 0.15) is 41.4 Å². The molecule has 0 spiro atoms. The summed E-state index contributed by atoms with van der Waals surface area (Å²) in [6.07, 6.45) is -0.294. The lowest BCUT2D eigenvalue weighted by Gasteiger charge is -2.11. The molecule has 3 aromatic carbocycles. The zero-order valence-corrected chi connectivity index (χ0v) is 16.0. The van der Waals surface area contributed by atoms with Gasteiger partial charge >= 0.3 is 0 Å². The molecule has 1 heterocycles. The molecule has 150 valence electrons. The highest BCUT2D eigenvalue weighted by molar-refractivity contribution is 5.64. The Labute approximate surface area is 167 Å². The summed E-state index contributed by atoms with van der Waals surface area (Å²) in [7, 11) is 0. The van der Waals surface area contributed by atoms with E-state index in [1.807, 2.05) is 30.3 Å². The SMILES string of the molecule is CC(O)c1ccc(CCc2ccc(-c3ccc(C4CO4)c(F)c3)cc2)c(F)c1F. The highest BCUT2D eigenvalue weighted by atomic mass is 19.2. The molecular formula is C24H21F3O2. The van der Waals surface area contributed by atoms with Crippen LogP contribution in [0.3, 0.4) is 0 Å². The number of ether oxygens (including phenoxy) is 1. The summed E-state index contributed by atoms with van der Waals surface area (Å²) in [5.74, 6) is -2.17. The molecule has 0 amide bonds. The third-order valence-electron chi connectivity index (χ3n) is 5.29. The molecule has 1 aliphatic heterocycles. The van der Waals surface area contributed by atoms with Crippen LogP contribution in [0.25, 0.3) is 11.1 Å². The van der Waals surface area contributed by atoms with Crippen LogP contribution in [0, 0.1) is 17.5 Å². The van der Waals surface area contributed by atoms with Crippen molar-refractivity contribution in [2.75, 3.05) is 6.61 Å². The summed E-state index contributed by atoms with van der Waals surface area (Å²) in [6, 6.07) is 15.7. The van der Waals surface area contributed by atoms with E-state index in [0.717, 1.165) is 16.7 Å². The third kappa shape index (κ3) is 4.21. The van der Waals surface area contributed by atoms with Gasteiger partial charge in [-0.2, -0.15) is 0 Å². The van der Waals surface area contributed by atoms with Gasteiger partial charge in [0, 0.05) is 11.1 Å². The normalized spacial score (nSPS) is 16.7. The van der Waals surface area contributed by atoms with Crippen molar-refractivity contribution in [1.29, 1.82) is 0 Å². The van der Waals surface area contributed by atoms with E-state index in [4.69, 9.17) is 4.74 Å². The maximum atomic E-state index is 14.2. The summed E-state index contributed by atoms with van der Waals surface area (Å²) in [5.41, 5.74) is 3.45. The number of aliphatic hydroxyl groups is 1. The van der Waals surface area contributed by atoms with E-state index >= 15 is 0 Å².